The largest absolute Gasteiger partial charge is 0.399 e. The molecule has 0 saturated carbocycles. The van der Waals surface area contributed by atoms with Crippen molar-refractivity contribution in [1.82, 2.24) is 0 Å². The lowest BCUT2D eigenvalue weighted by Crippen LogP contribution is -2.29. The van der Waals surface area contributed by atoms with Crippen molar-refractivity contribution in [3.63, 3.8) is 0 Å². The van der Waals surface area contributed by atoms with Gasteiger partial charge >= 0.3 is 0 Å². The minimum atomic E-state index is 0.0392. The average Bonchev–Trinajstić information content (AvgIpc) is 2.56. The smallest absolute Gasteiger partial charge is 0.0606 e. The van der Waals surface area contributed by atoms with E-state index in [-0.39, 0.29) is 13.2 Å². The molecule has 6 heteroatoms. The van der Waals surface area contributed by atoms with Crippen LogP contribution in [0.3, 0.4) is 0 Å². The fourth-order valence-electron chi connectivity index (χ4n) is 2.40. The van der Waals surface area contributed by atoms with E-state index in [9.17, 15) is 0 Å². The molecule has 0 spiro atoms. The zero-order valence-electron chi connectivity index (χ0n) is 13.1. The first-order valence-corrected chi connectivity index (χ1v) is 7.58. The molecule has 6 nitrogen and oxygen atoms in total. The van der Waals surface area contributed by atoms with Crippen LogP contribution in [0.2, 0.25) is 0 Å². The summed E-state index contributed by atoms with van der Waals surface area (Å²) in [6.45, 7) is 1.60. The van der Waals surface area contributed by atoms with E-state index in [2.05, 4.69) is 5.32 Å². The van der Waals surface area contributed by atoms with Crippen molar-refractivity contribution in [2.75, 3.05) is 48.0 Å². The Morgan fingerprint density at radius 1 is 0.957 bits per heavy atom. The average molecular weight is 316 g/mol. The number of nitrogens with zero attached hydrogens (tertiary/aromatic N) is 1. The number of aliphatic hydroxyl groups excluding tert-OH is 2. The van der Waals surface area contributed by atoms with Crippen molar-refractivity contribution in [3.8, 4) is 0 Å². The minimum Gasteiger partial charge on any atom is -0.399 e. The number of anilines is 4. The Labute approximate surface area is 136 Å². The van der Waals surface area contributed by atoms with E-state index in [0.29, 0.717) is 31.0 Å². The summed E-state index contributed by atoms with van der Waals surface area (Å²) in [7, 11) is 0. The molecule has 0 aromatic heterocycles. The normalized spacial score (nSPS) is 10.5. The predicted molar refractivity (Wildman–Crippen MR) is 95.4 cm³/mol. The van der Waals surface area contributed by atoms with E-state index in [1.807, 2.05) is 35.2 Å². The monoisotopic (exact) mass is 316 g/mol. The zero-order chi connectivity index (χ0) is 16.7. The molecule has 2 aromatic rings. The molecule has 0 aliphatic rings. The standard InChI is InChI=1S/C17H24N4O2/c18-14-4-5-17(19)13(10-14)12-20-15-2-1-3-16(11-15)21(6-8-22)7-9-23/h1-5,10-11,20,22-23H,6-9,12,18-19H2. The van der Waals surface area contributed by atoms with Gasteiger partial charge in [0.1, 0.15) is 0 Å². The number of hydrogen-bond acceptors (Lipinski definition) is 6. The van der Waals surface area contributed by atoms with Crippen molar-refractivity contribution >= 4 is 22.7 Å². The summed E-state index contributed by atoms with van der Waals surface area (Å²) in [5, 5.41) is 21.6. The SMILES string of the molecule is Nc1ccc(N)c(CNc2cccc(N(CCO)CCO)c2)c1. The van der Waals surface area contributed by atoms with Crippen LogP contribution in [-0.2, 0) is 6.54 Å². The van der Waals surface area contributed by atoms with E-state index in [1.165, 1.54) is 0 Å². The Morgan fingerprint density at radius 3 is 2.39 bits per heavy atom. The predicted octanol–water partition coefficient (Wildman–Crippen LogP) is 1.25. The van der Waals surface area contributed by atoms with E-state index >= 15 is 0 Å². The second kappa shape index (κ2) is 8.26. The second-order valence-corrected chi connectivity index (χ2v) is 5.30. The van der Waals surface area contributed by atoms with Gasteiger partial charge in [0, 0.05) is 42.4 Å². The van der Waals surface area contributed by atoms with Gasteiger partial charge in [-0.25, -0.2) is 0 Å². The van der Waals surface area contributed by atoms with Crippen LogP contribution < -0.4 is 21.7 Å². The fraction of sp³-hybridized carbons (Fsp3) is 0.294. The number of rotatable bonds is 8. The molecule has 0 unspecified atom stereocenters. The lowest BCUT2D eigenvalue weighted by Gasteiger charge is -2.23. The first kappa shape index (κ1) is 16.9. The molecule has 124 valence electrons. The molecule has 2 rings (SSSR count). The highest BCUT2D eigenvalue weighted by atomic mass is 16.3. The summed E-state index contributed by atoms with van der Waals surface area (Å²) < 4.78 is 0. The van der Waals surface area contributed by atoms with E-state index in [0.717, 1.165) is 16.9 Å². The maximum absolute atomic E-state index is 9.14. The topological polar surface area (TPSA) is 108 Å². The molecule has 0 aliphatic heterocycles. The quantitative estimate of drug-likeness (QED) is 0.469. The number of nitrogen functional groups attached to an aromatic ring is 2. The highest BCUT2D eigenvalue weighted by Gasteiger charge is 2.06. The summed E-state index contributed by atoms with van der Waals surface area (Å²) in [6.07, 6.45) is 0. The molecule has 0 radical (unpaired) electrons. The minimum absolute atomic E-state index is 0.0392. The molecular formula is C17H24N4O2. The van der Waals surface area contributed by atoms with Crippen LogP contribution in [0, 0.1) is 0 Å². The van der Waals surface area contributed by atoms with Crippen molar-refractivity contribution in [2.45, 2.75) is 6.54 Å². The Balaban J connectivity index is 2.08. The molecule has 0 atom stereocenters. The van der Waals surface area contributed by atoms with Crippen LogP contribution in [0.5, 0.6) is 0 Å². The van der Waals surface area contributed by atoms with Gasteiger partial charge < -0.3 is 31.9 Å². The Hall–Kier alpha value is -2.44. The third-order valence-corrected chi connectivity index (χ3v) is 3.60. The van der Waals surface area contributed by atoms with E-state index in [4.69, 9.17) is 21.7 Å². The van der Waals surface area contributed by atoms with Crippen LogP contribution in [-0.4, -0.2) is 36.5 Å². The summed E-state index contributed by atoms with van der Waals surface area (Å²) in [5.41, 5.74) is 15.9. The lowest BCUT2D eigenvalue weighted by atomic mass is 10.1. The fourth-order valence-corrected chi connectivity index (χ4v) is 2.40. The van der Waals surface area contributed by atoms with Gasteiger partial charge in [-0.05, 0) is 42.0 Å². The van der Waals surface area contributed by atoms with Gasteiger partial charge in [-0.15, -0.1) is 0 Å². The Bertz CT molecular complexity index is 628. The molecular weight excluding hydrogens is 292 g/mol. The highest BCUT2D eigenvalue weighted by Crippen LogP contribution is 2.21. The summed E-state index contributed by atoms with van der Waals surface area (Å²) in [4.78, 5) is 1.93. The lowest BCUT2D eigenvalue weighted by molar-refractivity contribution is 0.281. The molecule has 23 heavy (non-hydrogen) atoms. The van der Waals surface area contributed by atoms with E-state index in [1.54, 1.807) is 12.1 Å². The van der Waals surface area contributed by atoms with Crippen molar-refractivity contribution in [1.29, 1.82) is 0 Å². The van der Waals surface area contributed by atoms with Gasteiger partial charge in [-0.2, -0.15) is 0 Å². The van der Waals surface area contributed by atoms with Crippen LogP contribution >= 0.6 is 0 Å². The van der Waals surface area contributed by atoms with E-state index < -0.39 is 0 Å². The molecule has 2 aromatic carbocycles. The van der Waals surface area contributed by atoms with Gasteiger partial charge in [0.2, 0.25) is 0 Å². The van der Waals surface area contributed by atoms with Crippen LogP contribution in [0.15, 0.2) is 42.5 Å². The van der Waals surface area contributed by atoms with Crippen LogP contribution in [0.25, 0.3) is 0 Å². The molecule has 7 N–H and O–H groups in total. The number of aliphatic hydroxyl groups is 2. The highest BCUT2D eigenvalue weighted by molar-refractivity contribution is 5.60. The molecule has 0 saturated heterocycles. The summed E-state index contributed by atoms with van der Waals surface area (Å²) in [6, 6.07) is 13.3. The molecule has 0 heterocycles. The third-order valence-electron chi connectivity index (χ3n) is 3.60. The maximum Gasteiger partial charge on any atom is 0.0606 e. The van der Waals surface area contributed by atoms with Crippen molar-refractivity contribution < 1.29 is 10.2 Å². The second-order valence-electron chi connectivity index (χ2n) is 5.30. The first-order valence-electron chi connectivity index (χ1n) is 7.58. The van der Waals surface area contributed by atoms with Crippen LogP contribution in [0.4, 0.5) is 22.7 Å². The number of benzene rings is 2. The van der Waals surface area contributed by atoms with Gasteiger partial charge in [0.25, 0.3) is 0 Å². The Morgan fingerprint density at radius 2 is 1.70 bits per heavy atom. The number of hydrogen-bond donors (Lipinski definition) is 5. The molecule has 0 amide bonds. The van der Waals surface area contributed by atoms with Crippen molar-refractivity contribution in [3.05, 3.63) is 48.0 Å². The molecule has 0 aliphatic carbocycles. The van der Waals surface area contributed by atoms with Gasteiger partial charge in [-0.3, -0.25) is 0 Å². The number of nitrogens with two attached hydrogens (primary N) is 2. The van der Waals surface area contributed by atoms with Gasteiger partial charge in [0.15, 0.2) is 0 Å². The maximum atomic E-state index is 9.14. The van der Waals surface area contributed by atoms with Crippen LogP contribution in [0.1, 0.15) is 5.56 Å². The summed E-state index contributed by atoms with van der Waals surface area (Å²) in [5.74, 6) is 0. The third kappa shape index (κ3) is 4.77. The van der Waals surface area contributed by atoms with Gasteiger partial charge in [-0.1, -0.05) is 6.07 Å². The molecule has 0 fully saturated rings. The van der Waals surface area contributed by atoms with Gasteiger partial charge in [0.05, 0.1) is 13.2 Å². The first-order chi connectivity index (χ1) is 11.1. The van der Waals surface area contributed by atoms with Crippen molar-refractivity contribution in [2.24, 2.45) is 0 Å². The summed E-state index contributed by atoms with van der Waals surface area (Å²) >= 11 is 0. The molecule has 0 bridgehead atoms. The zero-order valence-corrected chi connectivity index (χ0v) is 13.1. The Kier molecular flexibility index (Phi) is 6.08. The number of nitrogens with one attached hydrogen (secondary N) is 1.